The third-order valence-electron chi connectivity index (χ3n) is 5.74. The van der Waals surface area contributed by atoms with Gasteiger partial charge in [-0.1, -0.05) is 24.3 Å². The predicted molar refractivity (Wildman–Crippen MR) is 117 cm³/mol. The highest BCUT2D eigenvalue weighted by Gasteiger charge is 2.37. The molecule has 1 atom stereocenters. The molecule has 8 heteroatoms. The van der Waals surface area contributed by atoms with Crippen molar-refractivity contribution in [3.05, 3.63) is 59.7 Å². The number of fused-ring (bicyclic) bond motifs is 1. The van der Waals surface area contributed by atoms with E-state index >= 15 is 0 Å². The normalized spacial score (nSPS) is 19.9. The predicted octanol–water partition coefficient (Wildman–Crippen LogP) is 2.24. The van der Waals surface area contributed by atoms with Crippen LogP contribution in [0.5, 0.6) is 0 Å². The number of benzene rings is 2. The molecular weight excluding hydrogens is 402 g/mol. The molecule has 1 fully saturated rings. The summed E-state index contributed by atoms with van der Waals surface area (Å²) in [5.41, 5.74) is 3.71. The number of ether oxygens (including phenoxy) is 1. The van der Waals surface area contributed by atoms with Crippen LogP contribution in [0.4, 0.5) is 11.4 Å². The van der Waals surface area contributed by atoms with E-state index in [1.165, 1.54) is 4.31 Å². The molecule has 2 aromatic rings. The summed E-state index contributed by atoms with van der Waals surface area (Å²) in [5.74, 6) is -0.339. The Kier molecular flexibility index (Phi) is 6.08. The second kappa shape index (κ2) is 8.75. The van der Waals surface area contributed by atoms with Gasteiger partial charge in [-0.3, -0.25) is 4.79 Å². The molecule has 0 saturated carbocycles. The van der Waals surface area contributed by atoms with E-state index in [1.807, 2.05) is 48.5 Å². The number of sulfonamides is 1. The molecule has 0 spiro atoms. The fourth-order valence-corrected chi connectivity index (χ4v) is 5.21. The molecule has 2 aliphatic rings. The van der Waals surface area contributed by atoms with Gasteiger partial charge < -0.3 is 15.0 Å². The quantitative estimate of drug-likeness (QED) is 0.789. The summed E-state index contributed by atoms with van der Waals surface area (Å²) < 4.78 is 32.1. The third kappa shape index (κ3) is 4.35. The van der Waals surface area contributed by atoms with Gasteiger partial charge in [-0.25, -0.2) is 8.42 Å². The molecule has 2 aliphatic heterocycles. The van der Waals surface area contributed by atoms with Gasteiger partial charge in [0.2, 0.25) is 15.9 Å². The Hall–Kier alpha value is -2.42. The molecule has 2 heterocycles. The van der Waals surface area contributed by atoms with E-state index in [-0.39, 0.29) is 18.2 Å². The van der Waals surface area contributed by atoms with Crippen molar-refractivity contribution in [1.29, 1.82) is 0 Å². The number of nitrogens with one attached hydrogen (secondary N) is 1. The van der Waals surface area contributed by atoms with Crippen LogP contribution in [0.1, 0.15) is 18.1 Å². The Balaban J connectivity index is 1.52. The van der Waals surface area contributed by atoms with Gasteiger partial charge >= 0.3 is 0 Å². The van der Waals surface area contributed by atoms with Crippen LogP contribution >= 0.6 is 0 Å². The van der Waals surface area contributed by atoms with Gasteiger partial charge in [0.15, 0.2) is 0 Å². The van der Waals surface area contributed by atoms with Crippen molar-refractivity contribution in [3.63, 3.8) is 0 Å². The smallest absolute Gasteiger partial charge is 0.243 e. The van der Waals surface area contributed by atoms with Crippen molar-refractivity contribution in [2.24, 2.45) is 0 Å². The largest absolute Gasteiger partial charge is 0.378 e. The lowest BCUT2D eigenvalue weighted by atomic mass is 9.95. The Morgan fingerprint density at radius 2 is 1.73 bits per heavy atom. The second-order valence-electron chi connectivity index (χ2n) is 7.57. The molecule has 1 saturated heterocycles. The third-order valence-corrected chi connectivity index (χ3v) is 7.57. The average molecular weight is 430 g/mol. The number of rotatable bonds is 5. The number of anilines is 2. The van der Waals surface area contributed by atoms with E-state index in [9.17, 15) is 13.2 Å². The van der Waals surface area contributed by atoms with Gasteiger partial charge in [0.05, 0.1) is 19.0 Å². The Bertz CT molecular complexity index is 1000. The summed E-state index contributed by atoms with van der Waals surface area (Å²) in [4.78, 5) is 15.3. The summed E-state index contributed by atoms with van der Waals surface area (Å²) in [6, 6.07) is 14.6. The first-order valence-corrected chi connectivity index (χ1v) is 11.9. The van der Waals surface area contributed by atoms with Crippen molar-refractivity contribution >= 4 is 27.3 Å². The summed E-state index contributed by atoms with van der Waals surface area (Å²) in [6.07, 6.45) is 0.368. The van der Waals surface area contributed by atoms with E-state index in [0.29, 0.717) is 25.3 Å². The number of nitrogens with zero attached hydrogens (tertiary/aromatic N) is 2. The van der Waals surface area contributed by atoms with E-state index in [4.69, 9.17) is 4.74 Å². The van der Waals surface area contributed by atoms with Gasteiger partial charge in [0, 0.05) is 31.0 Å². The number of amides is 1. The molecule has 0 radical (unpaired) electrons. The van der Waals surface area contributed by atoms with Crippen LogP contribution in [0.25, 0.3) is 0 Å². The zero-order chi connectivity index (χ0) is 21.1. The first-order chi connectivity index (χ1) is 14.5. The van der Waals surface area contributed by atoms with E-state index in [0.717, 1.165) is 29.9 Å². The van der Waals surface area contributed by atoms with Gasteiger partial charge in [-0.15, -0.1) is 0 Å². The zero-order valence-electron chi connectivity index (χ0n) is 17.1. The van der Waals surface area contributed by atoms with E-state index in [1.54, 1.807) is 6.92 Å². The second-order valence-corrected chi connectivity index (χ2v) is 9.78. The minimum Gasteiger partial charge on any atom is -0.378 e. The van der Waals surface area contributed by atoms with Crippen molar-refractivity contribution in [2.75, 3.05) is 42.3 Å². The maximum Gasteiger partial charge on any atom is 0.243 e. The fourth-order valence-electron chi connectivity index (χ4n) is 3.98. The van der Waals surface area contributed by atoms with Crippen LogP contribution in [0.2, 0.25) is 0 Å². The molecular formula is C22H27N3O4S. The van der Waals surface area contributed by atoms with Crippen molar-refractivity contribution in [2.45, 2.75) is 25.9 Å². The van der Waals surface area contributed by atoms with Gasteiger partial charge in [-0.2, -0.15) is 4.31 Å². The van der Waals surface area contributed by atoms with Gasteiger partial charge in [0.25, 0.3) is 0 Å². The van der Waals surface area contributed by atoms with Crippen LogP contribution < -0.4 is 10.2 Å². The Labute approximate surface area is 177 Å². The highest BCUT2D eigenvalue weighted by molar-refractivity contribution is 7.89. The molecule has 0 aromatic heterocycles. The maximum absolute atomic E-state index is 13.1. The molecule has 1 unspecified atom stereocenters. The van der Waals surface area contributed by atoms with Crippen LogP contribution in [0, 0.1) is 0 Å². The monoisotopic (exact) mass is 429 g/mol. The molecule has 1 amide bonds. The molecule has 30 heavy (non-hydrogen) atoms. The number of carbonyl (C=O) groups excluding carboxylic acids is 1. The van der Waals surface area contributed by atoms with Crippen LogP contribution in [-0.4, -0.2) is 56.7 Å². The van der Waals surface area contributed by atoms with E-state index < -0.39 is 16.1 Å². The average Bonchev–Trinajstić information content (AvgIpc) is 2.79. The summed E-state index contributed by atoms with van der Waals surface area (Å²) in [5, 5.41) is 2.91. The number of hydrogen-bond acceptors (Lipinski definition) is 5. The molecule has 160 valence electrons. The fraction of sp³-hybridized carbons (Fsp3) is 0.409. The lowest BCUT2D eigenvalue weighted by Crippen LogP contribution is -2.51. The maximum atomic E-state index is 13.1. The molecule has 2 aromatic carbocycles. The van der Waals surface area contributed by atoms with Crippen molar-refractivity contribution < 1.29 is 17.9 Å². The molecule has 7 nitrogen and oxygen atoms in total. The van der Waals surface area contributed by atoms with E-state index in [2.05, 4.69) is 10.2 Å². The van der Waals surface area contributed by atoms with Crippen molar-refractivity contribution in [1.82, 2.24) is 4.31 Å². The SMILES string of the molecule is CCS(=O)(=O)N1Cc2ccccc2CC1C(=O)Nc1ccc(N2CCOCC2)cc1. The Morgan fingerprint density at radius 1 is 1.07 bits per heavy atom. The summed E-state index contributed by atoms with van der Waals surface area (Å²) >= 11 is 0. The standard InChI is InChI=1S/C22H27N3O4S/c1-2-30(27,28)25-16-18-6-4-3-5-17(18)15-21(25)22(26)23-19-7-9-20(10-8-19)24-11-13-29-14-12-24/h3-10,21H,2,11-16H2,1H3,(H,23,26). The first kappa shape index (κ1) is 20.8. The van der Waals surface area contributed by atoms with Crippen LogP contribution in [0.15, 0.2) is 48.5 Å². The van der Waals surface area contributed by atoms with Gasteiger partial charge in [0.1, 0.15) is 6.04 Å². The first-order valence-electron chi connectivity index (χ1n) is 10.3. The molecule has 0 bridgehead atoms. The highest BCUT2D eigenvalue weighted by Crippen LogP contribution is 2.27. The lowest BCUT2D eigenvalue weighted by Gasteiger charge is -2.34. The van der Waals surface area contributed by atoms with Gasteiger partial charge in [-0.05, 0) is 48.7 Å². The topological polar surface area (TPSA) is 79.0 Å². The molecule has 1 N–H and O–H groups in total. The van der Waals surface area contributed by atoms with Crippen LogP contribution in [0.3, 0.4) is 0 Å². The van der Waals surface area contributed by atoms with Crippen molar-refractivity contribution in [3.8, 4) is 0 Å². The highest BCUT2D eigenvalue weighted by atomic mass is 32.2. The number of carbonyl (C=O) groups is 1. The summed E-state index contributed by atoms with van der Waals surface area (Å²) in [6.45, 7) is 4.94. The molecule has 0 aliphatic carbocycles. The number of morpholine rings is 1. The van der Waals surface area contributed by atoms with Crippen LogP contribution in [-0.2, 0) is 32.5 Å². The summed E-state index contributed by atoms with van der Waals surface area (Å²) in [7, 11) is -3.52. The zero-order valence-corrected chi connectivity index (χ0v) is 17.9. The number of hydrogen-bond donors (Lipinski definition) is 1. The minimum absolute atomic E-state index is 0.0345. The minimum atomic E-state index is -3.52. The lowest BCUT2D eigenvalue weighted by molar-refractivity contribution is -0.120. The molecule has 4 rings (SSSR count). The Morgan fingerprint density at radius 3 is 2.40 bits per heavy atom.